The topological polar surface area (TPSA) is 148 Å². The van der Waals surface area contributed by atoms with E-state index in [0.29, 0.717) is 11.3 Å². The predicted molar refractivity (Wildman–Crippen MR) is 110 cm³/mol. The van der Waals surface area contributed by atoms with Gasteiger partial charge in [-0.2, -0.15) is 5.10 Å². The van der Waals surface area contributed by atoms with Crippen LogP contribution in [0, 0.1) is 0 Å². The van der Waals surface area contributed by atoms with E-state index >= 15 is 0 Å². The van der Waals surface area contributed by atoms with Gasteiger partial charge in [0, 0.05) is 30.2 Å². The number of rotatable bonds is 5. The highest BCUT2D eigenvalue weighted by Gasteiger charge is 2.21. The van der Waals surface area contributed by atoms with Gasteiger partial charge in [0.1, 0.15) is 19.3 Å². The van der Waals surface area contributed by atoms with E-state index < -0.39 is 19.3 Å². The van der Waals surface area contributed by atoms with Crippen molar-refractivity contribution in [3.05, 3.63) is 58.6 Å². The van der Waals surface area contributed by atoms with Gasteiger partial charge in [0.05, 0.1) is 11.3 Å². The quantitative estimate of drug-likeness (QED) is 0.447. The fourth-order valence-corrected chi connectivity index (χ4v) is 3.94. The van der Waals surface area contributed by atoms with E-state index in [1.807, 2.05) is 36.0 Å². The van der Waals surface area contributed by atoms with E-state index in [9.17, 15) is 24.3 Å². The number of aromatic amines is 1. The van der Waals surface area contributed by atoms with E-state index in [1.54, 1.807) is 19.9 Å². The summed E-state index contributed by atoms with van der Waals surface area (Å²) in [6.07, 6.45) is 1.90. The van der Waals surface area contributed by atoms with Crippen LogP contribution in [0.15, 0.2) is 47.4 Å². The van der Waals surface area contributed by atoms with Crippen molar-refractivity contribution in [1.82, 2.24) is 19.3 Å². The van der Waals surface area contributed by atoms with Crippen molar-refractivity contribution in [2.24, 2.45) is 7.05 Å². The summed E-state index contributed by atoms with van der Waals surface area (Å²) in [6.45, 7) is 3.54. The van der Waals surface area contributed by atoms with E-state index in [0.717, 1.165) is 17.0 Å². The maximum absolute atomic E-state index is 12.6. The third-order valence-corrected chi connectivity index (χ3v) is 5.42. The second-order valence-corrected chi connectivity index (χ2v) is 8.53. The van der Waals surface area contributed by atoms with E-state index in [1.165, 1.54) is 10.6 Å². The molecule has 0 spiro atoms. The van der Waals surface area contributed by atoms with Crippen LogP contribution in [0.5, 0.6) is 11.5 Å². The van der Waals surface area contributed by atoms with Gasteiger partial charge in [0.2, 0.25) is 0 Å². The first-order valence-electron chi connectivity index (χ1n) is 9.37. The predicted octanol–water partition coefficient (Wildman–Crippen LogP) is 1.76. The Morgan fingerprint density at radius 2 is 1.94 bits per heavy atom. The number of benzene rings is 2. The average molecular weight is 442 g/mol. The van der Waals surface area contributed by atoms with Gasteiger partial charge in [-0.1, -0.05) is 13.8 Å². The van der Waals surface area contributed by atoms with Crippen LogP contribution in [0.4, 0.5) is 0 Å². The summed E-state index contributed by atoms with van der Waals surface area (Å²) >= 11 is 0. The number of aryl methyl sites for hydroxylation is 1. The molecule has 0 atom stereocenters. The lowest BCUT2D eigenvalue weighted by atomic mass is 9.98. The summed E-state index contributed by atoms with van der Waals surface area (Å²) < 4.78 is 18.9. The molecular formula is C20H19N4O6P-2. The molecule has 0 unspecified atom stereocenters. The number of H-pyrrole nitrogens is 1. The molecule has 0 radical (unpaired) electrons. The molecule has 2 heterocycles. The number of phenols is 1. The van der Waals surface area contributed by atoms with E-state index in [-0.39, 0.29) is 23.1 Å². The first-order chi connectivity index (χ1) is 14.5. The summed E-state index contributed by atoms with van der Waals surface area (Å²) in [7, 11) is -3.41. The lowest BCUT2D eigenvalue weighted by Gasteiger charge is -2.31. The summed E-state index contributed by atoms with van der Waals surface area (Å²) in [5.41, 5.74) is 1.53. The molecule has 0 fully saturated rings. The van der Waals surface area contributed by atoms with Gasteiger partial charge in [-0.25, -0.2) is 14.5 Å². The number of phosphoric acid groups is 1. The van der Waals surface area contributed by atoms with Crippen LogP contribution in [0.2, 0.25) is 0 Å². The van der Waals surface area contributed by atoms with Crippen molar-refractivity contribution >= 4 is 18.7 Å². The molecule has 2 aromatic heterocycles. The average Bonchev–Trinajstić information content (AvgIpc) is 3.23. The Labute approximate surface area is 176 Å². The lowest BCUT2D eigenvalue weighted by molar-refractivity contribution is -0.333. The molecular weight excluding hydrogens is 423 g/mol. The summed E-state index contributed by atoms with van der Waals surface area (Å²) in [4.78, 5) is 34.7. The number of hydrogen-bond donors (Lipinski definition) is 2. The molecule has 162 valence electrons. The zero-order chi connectivity index (χ0) is 22.5. The third kappa shape index (κ3) is 3.88. The van der Waals surface area contributed by atoms with Gasteiger partial charge in [-0.3, -0.25) is 0 Å². The SMILES string of the molecule is CC(C)c1cc(-c2n[nH]c(=O)n2-c2ccc3c(ccn3C)c2)c(O)cc1OP(=O)([O-])[O-]. The van der Waals surface area contributed by atoms with Crippen LogP contribution >= 0.6 is 7.82 Å². The summed E-state index contributed by atoms with van der Waals surface area (Å²) in [5, 5.41) is 17.9. The molecule has 2 N–H and O–H groups in total. The van der Waals surface area contributed by atoms with Gasteiger partial charge in [-0.15, -0.1) is 0 Å². The maximum atomic E-state index is 12.6. The molecule has 0 aliphatic rings. The Kier molecular flexibility index (Phi) is 5.01. The van der Waals surface area contributed by atoms with Crippen LogP contribution in [0.3, 0.4) is 0 Å². The van der Waals surface area contributed by atoms with Crippen LogP contribution in [-0.2, 0) is 11.6 Å². The number of nitrogens with zero attached hydrogens (tertiary/aromatic N) is 3. The number of phenolic OH excluding ortho intramolecular Hbond substituents is 1. The maximum Gasteiger partial charge on any atom is 0.348 e. The molecule has 0 aliphatic heterocycles. The molecule has 2 aromatic carbocycles. The Bertz CT molecular complexity index is 1390. The van der Waals surface area contributed by atoms with Crippen LogP contribution in [0.25, 0.3) is 28.0 Å². The van der Waals surface area contributed by atoms with Crippen molar-refractivity contribution in [3.8, 4) is 28.6 Å². The second kappa shape index (κ2) is 7.42. The lowest BCUT2D eigenvalue weighted by Crippen LogP contribution is -2.19. The van der Waals surface area contributed by atoms with Crippen LogP contribution < -0.4 is 20.0 Å². The Balaban J connectivity index is 1.90. The largest absolute Gasteiger partial charge is 0.780 e. The summed E-state index contributed by atoms with van der Waals surface area (Å²) in [5.74, 6) is -0.784. The van der Waals surface area contributed by atoms with Crippen molar-refractivity contribution in [2.75, 3.05) is 0 Å². The molecule has 0 saturated heterocycles. The monoisotopic (exact) mass is 442 g/mol. The highest BCUT2D eigenvalue weighted by atomic mass is 31.2. The second-order valence-electron chi connectivity index (χ2n) is 7.46. The van der Waals surface area contributed by atoms with Crippen molar-refractivity contribution in [3.63, 3.8) is 0 Å². The number of aromatic nitrogens is 4. The number of nitrogens with one attached hydrogen (secondary N) is 1. The minimum absolute atomic E-state index is 0.124. The number of phosphoric ester groups is 1. The molecule has 10 nitrogen and oxygen atoms in total. The highest BCUT2D eigenvalue weighted by Crippen LogP contribution is 2.42. The smallest absolute Gasteiger partial charge is 0.348 e. The fourth-order valence-electron chi connectivity index (χ4n) is 3.54. The molecule has 0 amide bonds. The van der Waals surface area contributed by atoms with Crippen LogP contribution in [-0.4, -0.2) is 24.4 Å². The van der Waals surface area contributed by atoms with Crippen LogP contribution in [0.1, 0.15) is 25.3 Å². The molecule has 11 heteroatoms. The first-order valence-corrected chi connectivity index (χ1v) is 10.8. The third-order valence-electron chi connectivity index (χ3n) is 5.00. The minimum atomic E-state index is -5.33. The highest BCUT2D eigenvalue weighted by molar-refractivity contribution is 7.43. The minimum Gasteiger partial charge on any atom is -0.780 e. The van der Waals surface area contributed by atoms with Gasteiger partial charge in [-0.05, 0) is 41.8 Å². The number of fused-ring (bicyclic) bond motifs is 1. The standard InChI is InChI=1S/C20H21N4O6P/c1-11(2)14-9-15(17(25)10-18(14)30-31(27,28)29)19-21-22-20(26)24(19)13-4-5-16-12(8-13)6-7-23(16)3/h4-11,25H,1-3H3,(H,22,26)(H2,27,28,29)/p-2. The molecule has 4 aromatic rings. The molecule has 0 aliphatic carbocycles. The van der Waals surface area contributed by atoms with Crippen molar-refractivity contribution in [2.45, 2.75) is 19.8 Å². The van der Waals surface area contributed by atoms with Crippen molar-refractivity contribution < 1.29 is 24.0 Å². The molecule has 0 saturated carbocycles. The molecule has 31 heavy (non-hydrogen) atoms. The summed E-state index contributed by atoms with van der Waals surface area (Å²) in [6, 6.07) is 9.85. The van der Waals surface area contributed by atoms with Crippen molar-refractivity contribution in [1.29, 1.82) is 0 Å². The Morgan fingerprint density at radius 3 is 2.61 bits per heavy atom. The normalized spacial score (nSPS) is 12.1. The molecule has 4 rings (SSSR count). The van der Waals surface area contributed by atoms with Gasteiger partial charge in [0.25, 0.3) is 0 Å². The van der Waals surface area contributed by atoms with E-state index in [4.69, 9.17) is 0 Å². The van der Waals surface area contributed by atoms with Gasteiger partial charge >= 0.3 is 5.69 Å². The zero-order valence-electron chi connectivity index (χ0n) is 16.9. The first kappa shape index (κ1) is 20.9. The number of hydrogen-bond acceptors (Lipinski definition) is 7. The van der Waals surface area contributed by atoms with Gasteiger partial charge < -0.3 is 28.5 Å². The van der Waals surface area contributed by atoms with E-state index in [2.05, 4.69) is 14.7 Å². The Hall–Kier alpha value is -3.33. The zero-order valence-corrected chi connectivity index (χ0v) is 17.8. The molecule has 0 bridgehead atoms. The number of aromatic hydroxyl groups is 1. The van der Waals surface area contributed by atoms with Gasteiger partial charge in [0.15, 0.2) is 5.82 Å². The fraction of sp³-hybridized carbons (Fsp3) is 0.200. The Morgan fingerprint density at radius 1 is 1.19 bits per heavy atom.